The molecule has 8 nitrogen and oxygen atoms in total. The molecule has 140 valence electrons. The molecule has 0 aliphatic heterocycles. The molecule has 0 bridgehead atoms. The third kappa shape index (κ3) is 3.10. The largest absolute Gasteiger partial charge is 0.495 e. The van der Waals surface area contributed by atoms with E-state index in [0.717, 1.165) is 16.7 Å². The van der Waals surface area contributed by atoms with Crippen molar-refractivity contribution in [1.82, 2.24) is 9.38 Å². The van der Waals surface area contributed by atoms with Crippen LogP contribution < -0.4 is 15.8 Å². The van der Waals surface area contributed by atoms with Crippen molar-refractivity contribution in [2.24, 2.45) is 16.1 Å². The molecule has 0 radical (unpaired) electrons. The molecule has 28 heavy (non-hydrogen) atoms. The maximum atomic E-state index is 6.85. The first-order chi connectivity index (χ1) is 13.6. The number of methoxy groups -OCH3 is 1. The molecule has 0 aliphatic rings. The van der Waals surface area contributed by atoms with Crippen LogP contribution in [0.5, 0.6) is 5.75 Å². The van der Waals surface area contributed by atoms with Gasteiger partial charge in [-0.05, 0) is 48.5 Å². The van der Waals surface area contributed by atoms with Gasteiger partial charge in [0, 0.05) is 17.4 Å². The molecular weight excluding hydrogens is 378 g/mol. The maximum absolute atomic E-state index is 6.85. The van der Waals surface area contributed by atoms with E-state index in [1.807, 2.05) is 47.0 Å². The van der Waals surface area contributed by atoms with E-state index < -0.39 is 0 Å². The predicted molar refractivity (Wildman–Crippen MR) is 110 cm³/mol. The van der Waals surface area contributed by atoms with Gasteiger partial charge in [-0.25, -0.2) is 4.98 Å². The van der Waals surface area contributed by atoms with Crippen molar-refractivity contribution in [1.29, 1.82) is 5.53 Å². The molecule has 4 N–H and O–H groups in total. The molecule has 4 rings (SSSR count). The van der Waals surface area contributed by atoms with Crippen molar-refractivity contribution in [3.8, 4) is 5.75 Å². The van der Waals surface area contributed by atoms with Crippen molar-refractivity contribution in [3.05, 3.63) is 65.3 Å². The van der Waals surface area contributed by atoms with E-state index in [1.165, 1.54) is 0 Å². The van der Waals surface area contributed by atoms with E-state index >= 15 is 0 Å². The normalized spacial score (nSPS) is 11.7. The van der Waals surface area contributed by atoms with Gasteiger partial charge in [0.25, 0.3) is 0 Å². The number of halogens is 1. The molecular formula is C19H16ClN7O. The number of fused-ring (bicyclic) bond motifs is 3. The third-order valence-electron chi connectivity index (χ3n) is 4.33. The average molecular weight is 394 g/mol. The van der Waals surface area contributed by atoms with Crippen LogP contribution in [-0.2, 0) is 0 Å². The van der Waals surface area contributed by atoms with Gasteiger partial charge in [-0.1, -0.05) is 16.8 Å². The van der Waals surface area contributed by atoms with Crippen LogP contribution in [-0.4, -0.2) is 22.3 Å². The second kappa shape index (κ2) is 7.16. The first-order valence-corrected chi connectivity index (χ1v) is 8.70. The molecule has 2 aromatic heterocycles. The minimum Gasteiger partial charge on any atom is -0.495 e. The summed E-state index contributed by atoms with van der Waals surface area (Å²) in [5.41, 5.74) is 16.7. The Kier molecular flexibility index (Phi) is 4.54. The molecule has 2 aromatic carbocycles. The molecule has 2 heterocycles. The lowest BCUT2D eigenvalue weighted by Gasteiger charge is -2.12. The first kappa shape index (κ1) is 17.7. The van der Waals surface area contributed by atoms with Gasteiger partial charge >= 0.3 is 0 Å². The van der Waals surface area contributed by atoms with Crippen LogP contribution in [0.2, 0.25) is 5.02 Å². The monoisotopic (exact) mass is 393 g/mol. The Hall–Kier alpha value is -3.65. The van der Waals surface area contributed by atoms with Crippen LogP contribution in [0, 0.1) is 5.53 Å². The van der Waals surface area contributed by atoms with Crippen molar-refractivity contribution in [2.75, 3.05) is 12.4 Å². The smallest absolute Gasteiger partial charge is 0.155 e. The van der Waals surface area contributed by atoms with Crippen molar-refractivity contribution in [2.45, 2.75) is 0 Å². The summed E-state index contributed by atoms with van der Waals surface area (Å²) >= 11 is 6.23. The number of nitrogens with zero attached hydrogens (tertiary/aromatic N) is 4. The van der Waals surface area contributed by atoms with E-state index in [9.17, 15) is 0 Å². The Morgan fingerprint density at radius 3 is 2.82 bits per heavy atom. The van der Waals surface area contributed by atoms with Crippen LogP contribution >= 0.6 is 11.6 Å². The quantitative estimate of drug-likeness (QED) is 0.200. The summed E-state index contributed by atoms with van der Waals surface area (Å²) in [6.07, 6.45) is 1.96. The SMILES string of the molecule is COc1ccc(Nc2nc3cc(C(N)=NN=N)ccc3n3cccc23)cc1Cl. The van der Waals surface area contributed by atoms with E-state index in [-0.39, 0.29) is 5.84 Å². The standard InChI is InChI=1S/C19H16ClN7O/c1-28-17-7-5-12(10-13(17)20)23-19-16-3-2-8-27(16)15-6-4-11(9-14(15)24-19)18(21)25-26-22/h2-10H,1H3,(H,23,24)(H3,21,22,25). The molecule has 0 aliphatic carbocycles. The fourth-order valence-electron chi connectivity index (χ4n) is 3.02. The highest BCUT2D eigenvalue weighted by molar-refractivity contribution is 6.32. The maximum Gasteiger partial charge on any atom is 0.155 e. The average Bonchev–Trinajstić information content (AvgIpc) is 3.18. The van der Waals surface area contributed by atoms with E-state index in [0.29, 0.717) is 27.7 Å². The Morgan fingerprint density at radius 1 is 1.21 bits per heavy atom. The first-order valence-electron chi connectivity index (χ1n) is 8.32. The van der Waals surface area contributed by atoms with Gasteiger partial charge in [-0.3, -0.25) is 0 Å². The molecule has 0 atom stereocenters. The van der Waals surface area contributed by atoms with E-state index in [2.05, 4.69) is 15.6 Å². The third-order valence-corrected chi connectivity index (χ3v) is 4.62. The lowest BCUT2D eigenvalue weighted by atomic mass is 10.1. The Morgan fingerprint density at radius 2 is 2.07 bits per heavy atom. The van der Waals surface area contributed by atoms with Crippen LogP contribution in [0.15, 0.2) is 65.1 Å². The lowest BCUT2D eigenvalue weighted by Crippen LogP contribution is -2.12. The predicted octanol–water partition coefficient (Wildman–Crippen LogP) is 4.54. The zero-order chi connectivity index (χ0) is 19.7. The Bertz CT molecular complexity index is 1230. The number of rotatable bonds is 5. The summed E-state index contributed by atoms with van der Waals surface area (Å²) < 4.78 is 7.23. The summed E-state index contributed by atoms with van der Waals surface area (Å²) in [4.78, 5) is 4.75. The lowest BCUT2D eigenvalue weighted by molar-refractivity contribution is 0.415. The number of nitrogens with two attached hydrogens (primary N) is 1. The fraction of sp³-hybridized carbons (Fsp3) is 0.0526. The highest BCUT2D eigenvalue weighted by Gasteiger charge is 2.11. The molecule has 0 saturated carbocycles. The molecule has 4 aromatic rings. The number of ether oxygens (including phenoxy) is 1. The summed E-state index contributed by atoms with van der Waals surface area (Å²) in [7, 11) is 1.57. The molecule has 0 saturated heterocycles. The van der Waals surface area contributed by atoms with E-state index in [1.54, 1.807) is 19.2 Å². The van der Waals surface area contributed by atoms with Crippen LogP contribution in [0.25, 0.3) is 16.6 Å². The van der Waals surface area contributed by atoms with Crippen LogP contribution in [0.4, 0.5) is 11.5 Å². The number of hydrogen-bond donors (Lipinski definition) is 3. The molecule has 0 fully saturated rings. The highest BCUT2D eigenvalue weighted by Crippen LogP contribution is 2.30. The van der Waals surface area contributed by atoms with E-state index in [4.69, 9.17) is 32.6 Å². The van der Waals surface area contributed by atoms with Crippen LogP contribution in [0.3, 0.4) is 0 Å². The topological polar surface area (TPSA) is 113 Å². The summed E-state index contributed by atoms with van der Waals surface area (Å²) in [6, 6.07) is 14.9. The van der Waals surface area contributed by atoms with Crippen LogP contribution in [0.1, 0.15) is 5.56 Å². The summed E-state index contributed by atoms with van der Waals surface area (Å²) in [5.74, 6) is 1.42. The van der Waals surface area contributed by atoms with Gasteiger partial charge in [-0.2, -0.15) is 5.53 Å². The molecule has 9 heteroatoms. The Labute approximate surface area is 165 Å². The number of aromatic nitrogens is 2. The molecule has 0 amide bonds. The van der Waals surface area contributed by atoms with Gasteiger partial charge in [-0.15, -0.1) is 5.10 Å². The second-order valence-corrected chi connectivity index (χ2v) is 6.39. The fourth-order valence-corrected chi connectivity index (χ4v) is 3.28. The summed E-state index contributed by atoms with van der Waals surface area (Å²) in [5, 5.41) is 10.4. The van der Waals surface area contributed by atoms with Gasteiger partial charge < -0.3 is 20.2 Å². The van der Waals surface area contributed by atoms with Crippen molar-refractivity contribution in [3.63, 3.8) is 0 Å². The number of hydrogen-bond acceptors (Lipinski definition) is 5. The number of benzene rings is 2. The van der Waals surface area contributed by atoms with Crippen molar-refractivity contribution >= 4 is 45.5 Å². The zero-order valence-electron chi connectivity index (χ0n) is 14.8. The van der Waals surface area contributed by atoms with Gasteiger partial charge in [0.05, 0.1) is 28.7 Å². The summed E-state index contributed by atoms with van der Waals surface area (Å²) in [6.45, 7) is 0. The van der Waals surface area contributed by atoms with Crippen molar-refractivity contribution < 1.29 is 4.74 Å². The highest BCUT2D eigenvalue weighted by atomic mass is 35.5. The zero-order valence-corrected chi connectivity index (χ0v) is 15.6. The molecule has 0 spiro atoms. The Balaban J connectivity index is 1.84. The van der Waals surface area contributed by atoms with Gasteiger partial charge in [0.1, 0.15) is 5.75 Å². The van der Waals surface area contributed by atoms with Gasteiger partial charge in [0.15, 0.2) is 11.7 Å². The number of anilines is 2. The van der Waals surface area contributed by atoms with Gasteiger partial charge in [0.2, 0.25) is 0 Å². The second-order valence-electron chi connectivity index (χ2n) is 5.99. The minimum atomic E-state index is 0.155. The molecule has 0 unspecified atom stereocenters. The number of amidine groups is 1. The minimum absolute atomic E-state index is 0.155. The number of nitrogens with one attached hydrogen (secondary N) is 2.